The molecule has 0 amide bonds. The third-order valence-electron chi connectivity index (χ3n) is 1.18. The number of quaternary nitrogens is 1. The standard InChI is InChI=1S/C5H5Br2NO2/c6-3-2(1-8)10-5(9)4(3)7/h2H,1,8H2/p+1. The first-order valence-electron chi connectivity index (χ1n) is 2.72. The number of esters is 1. The topological polar surface area (TPSA) is 53.9 Å². The summed E-state index contributed by atoms with van der Waals surface area (Å²) in [7, 11) is 0. The van der Waals surface area contributed by atoms with E-state index < -0.39 is 0 Å². The minimum absolute atomic E-state index is 0.193. The van der Waals surface area contributed by atoms with Gasteiger partial charge >= 0.3 is 5.97 Å². The second-order valence-corrected chi connectivity index (χ2v) is 3.49. The summed E-state index contributed by atoms with van der Waals surface area (Å²) in [5, 5.41) is 0. The third kappa shape index (κ3) is 1.26. The summed E-state index contributed by atoms with van der Waals surface area (Å²) >= 11 is 6.30. The Balaban J connectivity index is 2.83. The summed E-state index contributed by atoms with van der Waals surface area (Å²) in [5.41, 5.74) is 3.62. The molecule has 0 radical (unpaired) electrons. The second kappa shape index (κ2) is 3.02. The maximum atomic E-state index is 10.8. The monoisotopic (exact) mass is 270 g/mol. The predicted octanol–water partition coefficient (Wildman–Crippen LogP) is 0.155. The van der Waals surface area contributed by atoms with Gasteiger partial charge in [-0.25, -0.2) is 4.79 Å². The van der Waals surface area contributed by atoms with E-state index in [4.69, 9.17) is 4.74 Å². The molecular formula is C5H6Br2NO2+. The average molecular weight is 272 g/mol. The highest BCUT2D eigenvalue weighted by Crippen LogP contribution is 2.30. The molecule has 0 bridgehead atoms. The molecule has 5 heteroatoms. The number of halogens is 2. The van der Waals surface area contributed by atoms with E-state index in [2.05, 4.69) is 37.6 Å². The molecule has 0 fully saturated rings. The van der Waals surface area contributed by atoms with Crippen molar-refractivity contribution in [2.75, 3.05) is 6.54 Å². The van der Waals surface area contributed by atoms with Crippen molar-refractivity contribution in [3.05, 3.63) is 8.96 Å². The van der Waals surface area contributed by atoms with Gasteiger partial charge in [0, 0.05) is 0 Å². The number of cyclic esters (lactones) is 1. The van der Waals surface area contributed by atoms with Gasteiger partial charge in [0.25, 0.3) is 0 Å². The lowest BCUT2D eigenvalue weighted by molar-refractivity contribution is -0.379. The van der Waals surface area contributed by atoms with E-state index in [1.54, 1.807) is 0 Å². The largest absolute Gasteiger partial charge is 0.447 e. The van der Waals surface area contributed by atoms with Crippen LogP contribution >= 0.6 is 31.9 Å². The predicted molar refractivity (Wildman–Crippen MR) is 42.5 cm³/mol. The zero-order valence-electron chi connectivity index (χ0n) is 5.06. The van der Waals surface area contributed by atoms with Gasteiger partial charge in [0.15, 0.2) is 6.10 Å². The van der Waals surface area contributed by atoms with E-state index >= 15 is 0 Å². The Bertz CT molecular complexity index is 202. The lowest BCUT2D eigenvalue weighted by Gasteiger charge is -2.02. The van der Waals surface area contributed by atoms with Gasteiger partial charge in [-0.05, 0) is 31.9 Å². The minimum Gasteiger partial charge on any atom is -0.447 e. The van der Waals surface area contributed by atoms with Crippen molar-refractivity contribution >= 4 is 37.8 Å². The Morgan fingerprint density at radius 2 is 2.20 bits per heavy atom. The highest BCUT2D eigenvalue weighted by atomic mass is 79.9. The van der Waals surface area contributed by atoms with Gasteiger partial charge in [0.2, 0.25) is 0 Å². The van der Waals surface area contributed by atoms with E-state index in [1.807, 2.05) is 0 Å². The molecule has 0 saturated carbocycles. The SMILES string of the molecule is [NH3+]CC1OC(=O)C(Br)=C1Br. The maximum Gasteiger partial charge on any atom is 0.347 e. The number of rotatable bonds is 1. The van der Waals surface area contributed by atoms with Gasteiger partial charge in [-0.1, -0.05) is 0 Å². The summed E-state index contributed by atoms with van der Waals surface area (Å²) in [6, 6.07) is 0. The molecule has 1 unspecified atom stereocenters. The Kier molecular flexibility index (Phi) is 2.49. The van der Waals surface area contributed by atoms with E-state index in [1.165, 1.54) is 0 Å². The van der Waals surface area contributed by atoms with Crippen LogP contribution in [0.15, 0.2) is 8.96 Å². The molecule has 1 aliphatic rings. The number of hydrogen-bond acceptors (Lipinski definition) is 2. The van der Waals surface area contributed by atoms with Crippen molar-refractivity contribution < 1.29 is 15.3 Å². The highest BCUT2D eigenvalue weighted by molar-refractivity contribution is 9.14. The van der Waals surface area contributed by atoms with Crippen molar-refractivity contribution in [3.8, 4) is 0 Å². The Morgan fingerprint density at radius 1 is 1.60 bits per heavy atom. The van der Waals surface area contributed by atoms with Crippen molar-refractivity contribution in [3.63, 3.8) is 0 Å². The second-order valence-electron chi connectivity index (χ2n) is 1.84. The van der Waals surface area contributed by atoms with Gasteiger partial charge in [0.1, 0.15) is 11.0 Å². The first-order valence-corrected chi connectivity index (χ1v) is 4.30. The van der Waals surface area contributed by atoms with Crippen molar-refractivity contribution in [2.24, 2.45) is 0 Å². The van der Waals surface area contributed by atoms with E-state index in [9.17, 15) is 4.79 Å². The highest BCUT2D eigenvalue weighted by Gasteiger charge is 2.31. The zero-order valence-corrected chi connectivity index (χ0v) is 8.24. The number of ether oxygens (including phenoxy) is 1. The summed E-state index contributed by atoms with van der Waals surface area (Å²) in [6.07, 6.45) is -0.193. The van der Waals surface area contributed by atoms with Gasteiger partial charge in [0.05, 0.1) is 4.48 Å². The quantitative estimate of drug-likeness (QED) is 0.691. The van der Waals surface area contributed by atoms with E-state index in [-0.39, 0.29) is 12.1 Å². The summed E-state index contributed by atoms with van der Waals surface area (Å²) < 4.78 is 6.10. The normalized spacial score (nSPS) is 25.5. The van der Waals surface area contributed by atoms with Crippen LogP contribution in [0.3, 0.4) is 0 Å². The Labute approximate surface area is 74.9 Å². The van der Waals surface area contributed by atoms with Crippen LogP contribution in [-0.4, -0.2) is 18.6 Å². The molecule has 1 heterocycles. The third-order valence-corrected chi connectivity index (χ3v) is 3.37. The zero-order chi connectivity index (χ0) is 7.72. The van der Waals surface area contributed by atoms with Gasteiger partial charge in [-0.3, -0.25) is 0 Å². The van der Waals surface area contributed by atoms with Crippen LogP contribution in [-0.2, 0) is 9.53 Å². The lowest BCUT2D eigenvalue weighted by atomic mass is 10.3. The minimum atomic E-state index is -0.319. The molecule has 10 heavy (non-hydrogen) atoms. The van der Waals surface area contributed by atoms with E-state index in [0.717, 1.165) is 4.48 Å². The molecule has 3 nitrogen and oxygen atoms in total. The Morgan fingerprint density at radius 3 is 2.40 bits per heavy atom. The fraction of sp³-hybridized carbons (Fsp3) is 0.400. The van der Waals surface area contributed by atoms with Crippen LogP contribution in [0.4, 0.5) is 0 Å². The van der Waals surface area contributed by atoms with Crippen molar-refractivity contribution in [1.29, 1.82) is 0 Å². The molecule has 3 N–H and O–H groups in total. The molecular weight excluding hydrogens is 266 g/mol. The molecule has 0 aromatic heterocycles. The lowest BCUT2D eigenvalue weighted by Crippen LogP contribution is -2.55. The number of carbonyl (C=O) groups is 1. The molecule has 1 rings (SSSR count). The van der Waals surface area contributed by atoms with Crippen molar-refractivity contribution in [2.45, 2.75) is 6.10 Å². The molecule has 0 aromatic rings. The van der Waals surface area contributed by atoms with E-state index in [0.29, 0.717) is 11.0 Å². The maximum absolute atomic E-state index is 10.8. The first-order chi connectivity index (χ1) is 4.66. The van der Waals surface area contributed by atoms with Crippen LogP contribution in [0.1, 0.15) is 0 Å². The van der Waals surface area contributed by atoms with Crippen LogP contribution in [0.25, 0.3) is 0 Å². The molecule has 0 spiro atoms. The fourth-order valence-electron chi connectivity index (χ4n) is 0.657. The van der Waals surface area contributed by atoms with Crippen LogP contribution in [0.5, 0.6) is 0 Å². The van der Waals surface area contributed by atoms with Gasteiger partial charge in [-0.15, -0.1) is 0 Å². The average Bonchev–Trinajstić information content (AvgIpc) is 2.17. The Hall–Kier alpha value is 0.130. The fourth-order valence-corrected chi connectivity index (χ4v) is 1.49. The number of hydrogen-bond donors (Lipinski definition) is 1. The molecule has 0 saturated heterocycles. The summed E-state index contributed by atoms with van der Waals surface area (Å²) in [5.74, 6) is -0.319. The molecule has 0 aliphatic carbocycles. The van der Waals surface area contributed by atoms with Crippen LogP contribution < -0.4 is 5.73 Å². The summed E-state index contributed by atoms with van der Waals surface area (Å²) in [4.78, 5) is 10.8. The number of carbonyl (C=O) groups excluding carboxylic acids is 1. The van der Waals surface area contributed by atoms with Gasteiger partial charge < -0.3 is 10.5 Å². The van der Waals surface area contributed by atoms with Crippen LogP contribution in [0, 0.1) is 0 Å². The van der Waals surface area contributed by atoms with Crippen LogP contribution in [0.2, 0.25) is 0 Å². The molecule has 1 aliphatic heterocycles. The molecule has 1 atom stereocenters. The smallest absolute Gasteiger partial charge is 0.347 e. The molecule has 0 aromatic carbocycles. The van der Waals surface area contributed by atoms with Gasteiger partial charge in [-0.2, -0.15) is 0 Å². The van der Waals surface area contributed by atoms with Crippen molar-refractivity contribution in [1.82, 2.24) is 0 Å². The first kappa shape index (κ1) is 8.23. The summed E-state index contributed by atoms with van der Waals surface area (Å²) in [6.45, 7) is 0.557. The molecule has 56 valence electrons.